The van der Waals surface area contributed by atoms with Gasteiger partial charge in [0, 0.05) is 11.8 Å². The smallest absolute Gasteiger partial charge is 0.326 e. The highest BCUT2D eigenvalue weighted by Crippen LogP contribution is 2.31. The third-order valence-corrected chi connectivity index (χ3v) is 5.90. The molecule has 3 aromatic heterocycles. The van der Waals surface area contributed by atoms with Crippen molar-refractivity contribution in [3.05, 3.63) is 90.1 Å². The minimum absolute atomic E-state index is 0.0832. The Morgan fingerprint density at radius 3 is 2.35 bits per heavy atom. The van der Waals surface area contributed by atoms with Crippen LogP contribution in [0.15, 0.2) is 79.0 Å². The second kappa shape index (κ2) is 10.2. The van der Waals surface area contributed by atoms with Crippen molar-refractivity contribution in [1.82, 2.24) is 19.2 Å². The zero-order valence-corrected chi connectivity index (χ0v) is 20.8. The van der Waals surface area contributed by atoms with E-state index in [9.17, 15) is 9.90 Å². The van der Waals surface area contributed by atoms with Gasteiger partial charge in [-0.25, -0.2) is 14.5 Å². The van der Waals surface area contributed by atoms with Gasteiger partial charge in [0.05, 0.1) is 17.4 Å². The highest BCUT2D eigenvalue weighted by molar-refractivity contribution is 6.02. The van der Waals surface area contributed by atoms with Crippen molar-refractivity contribution in [2.75, 3.05) is 17.2 Å². The Kier molecular flexibility index (Phi) is 6.61. The number of nitrogens with zero attached hydrogens (tertiary/aromatic N) is 4. The van der Waals surface area contributed by atoms with Gasteiger partial charge in [-0.05, 0) is 44.5 Å². The number of aliphatic hydroxyl groups is 1. The molecule has 37 heavy (non-hydrogen) atoms. The van der Waals surface area contributed by atoms with E-state index < -0.39 is 12.1 Å². The van der Waals surface area contributed by atoms with E-state index in [0.717, 1.165) is 22.5 Å². The molecule has 0 bridgehead atoms. The van der Waals surface area contributed by atoms with Crippen LogP contribution in [0.3, 0.4) is 0 Å². The number of aliphatic hydroxyl groups excluding tert-OH is 1. The summed E-state index contributed by atoms with van der Waals surface area (Å²) >= 11 is 0. The van der Waals surface area contributed by atoms with Crippen molar-refractivity contribution in [2.45, 2.75) is 26.9 Å². The van der Waals surface area contributed by atoms with E-state index in [1.54, 1.807) is 11.6 Å². The summed E-state index contributed by atoms with van der Waals surface area (Å²) in [5, 5.41) is 20.2. The molecule has 0 spiro atoms. The standard InChI is InChI=1S/C28H28N6O3/c1-18-11-10-16-33-24(18)29-23(21-12-6-4-7-13-21)26(33)31-28(36)30-25-20(3)27(37-17-19(2)35)32-34(25)22-14-8-5-9-15-22/h4-16,19,35H,17H2,1-3H3,(H2,30,31,36)/t19-/m0/s1. The number of urea groups is 1. The number of nitrogens with one attached hydrogen (secondary N) is 2. The van der Waals surface area contributed by atoms with Crippen LogP contribution in [-0.2, 0) is 0 Å². The van der Waals surface area contributed by atoms with E-state index in [0.29, 0.717) is 28.8 Å². The van der Waals surface area contributed by atoms with E-state index >= 15 is 0 Å². The van der Waals surface area contributed by atoms with E-state index in [4.69, 9.17) is 9.72 Å². The third-order valence-electron chi connectivity index (χ3n) is 5.90. The number of pyridine rings is 1. The lowest BCUT2D eigenvalue weighted by molar-refractivity contribution is 0.119. The lowest BCUT2D eigenvalue weighted by Crippen LogP contribution is -2.23. The fourth-order valence-corrected chi connectivity index (χ4v) is 4.08. The highest BCUT2D eigenvalue weighted by Gasteiger charge is 2.22. The number of carbonyl (C=O) groups excluding carboxylic acids is 1. The predicted molar refractivity (Wildman–Crippen MR) is 143 cm³/mol. The van der Waals surface area contributed by atoms with Gasteiger partial charge in [-0.3, -0.25) is 15.0 Å². The molecule has 0 aliphatic carbocycles. The summed E-state index contributed by atoms with van der Waals surface area (Å²) in [6, 6.07) is 22.6. The van der Waals surface area contributed by atoms with Crippen molar-refractivity contribution in [3.63, 3.8) is 0 Å². The molecular weight excluding hydrogens is 468 g/mol. The van der Waals surface area contributed by atoms with Crippen LogP contribution >= 0.6 is 0 Å². The zero-order valence-electron chi connectivity index (χ0n) is 20.8. The van der Waals surface area contributed by atoms with E-state index in [1.165, 1.54) is 0 Å². The van der Waals surface area contributed by atoms with Crippen LogP contribution in [0.5, 0.6) is 5.88 Å². The number of para-hydroxylation sites is 1. The van der Waals surface area contributed by atoms with E-state index in [-0.39, 0.29) is 6.61 Å². The average Bonchev–Trinajstić information content (AvgIpc) is 3.42. The number of carbonyl (C=O) groups is 1. The number of ether oxygens (including phenoxy) is 1. The van der Waals surface area contributed by atoms with Crippen molar-refractivity contribution in [1.29, 1.82) is 0 Å². The molecule has 0 unspecified atom stereocenters. The van der Waals surface area contributed by atoms with Crippen LogP contribution < -0.4 is 15.4 Å². The van der Waals surface area contributed by atoms with E-state index in [2.05, 4.69) is 15.7 Å². The van der Waals surface area contributed by atoms with Crippen molar-refractivity contribution in [2.24, 2.45) is 0 Å². The lowest BCUT2D eigenvalue weighted by Gasteiger charge is -2.12. The second-order valence-corrected chi connectivity index (χ2v) is 8.83. The molecule has 2 aromatic carbocycles. The fraction of sp³-hybridized carbons (Fsp3) is 0.179. The van der Waals surface area contributed by atoms with Crippen molar-refractivity contribution < 1.29 is 14.6 Å². The van der Waals surface area contributed by atoms with Gasteiger partial charge in [0.2, 0.25) is 5.88 Å². The Morgan fingerprint density at radius 2 is 1.65 bits per heavy atom. The molecule has 9 heteroatoms. The molecule has 0 saturated carbocycles. The first-order valence-electron chi connectivity index (χ1n) is 12.0. The Bertz CT molecular complexity index is 1540. The third kappa shape index (κ3) is 4.89. The Balaban J connectivity index is 1.52. The van der Waals surface area contributed by atoms with Gasteiger partial charge in [0.15, 0.2) is 0 Å². The fourth-order valence-electron chi connectivity index (χ4n) is 4.08. The Morgan fingerprint density at radius 1 is 0.973 bits per heavy atom. The molecule has 5 rings (SSSR count). The normalized spacial score (nSPS) is 11.9. The maximum Gasteiger partial charge on any atom is 0.326 e. The average molecular weight is 497 g/mol. The van der Waals surface area contributed by atoms with Crippen LogP contribution in [-0.4, -0.2) is 43.0 Å². The van der Waals surface area contributed by atoms with Gasteiger partial charge in [-0.15, -0.1) is 5.10 Å². The molecule has 0 aliphatic heterocycles. The monoisotopic (exact) mass is 496 g/mol. The maximum atomic E-state index is 13.4. The number of hydrogen-bond donors (Lipinski definition) is 3. The van der Waals surface area contributed by atoms with E-state index in [1.807, 2.05) is 97.2 Å². The highest BCUT2D eigenvalue weighted by atomic mass is 16.5. The molecule has 9 nitrogen and oxygen atoms in total. The largest absolute Gasteiger partial charge is 0.474 e. The van der Waals surface area contributed by atoms with Crippen LogP contribution in [0, 0.1) is 13.8 Å². The summed E-state index contributed by atoms with van der Waals surface area (Å²) < 4.78 is 9.19. The van der Waals surface area contributed by atoms with Crippen molar-refractivity contribution in [3.8, 4) is 22.8 Å². The molecule has 0 saturated heterocycles. The first kappa shape index (κ1) is 24.1. The van der Waals surface area contributed by atoms with Crippen LogP contribution in [0.4, 0.5) is 16.4 Å². The molecule has 5 aromatic rings. The number of amides is 2. The second-order valence-electron chi connectivity index (χ2n) is 8.83. The summed E-state index contributed by atoms with van der Waals surface area (Å²) in [6.45, 7) is 5.52. The number of benzene rings is 2. The first-order valence-corrected chi connectivity index (χ1v) is 12.0. The van der Waals surface area contributed by atoms with Crippen molar-refractivity contribution >= 4 is 23.3 Å². The minimum atomic E-state index is -0.656. The van der Waals surface area contributed by atoms with Gasteiger partial charge in [-0.2, -0.15) is 0 Å². The summed E-state index contributed by atoms with van der Waals surface area (Å²) in [4.78, 5) is 18.2. The number of aryl methyl sites for hydroxylation is 1. The zero-order chi connectivity index (χ0) is 25.9. The summed E-state index contributed by atoms with van der Waals surface area (Å²) in [5.74, 6) is 1.34. The van der Waals surface area contributed by atoms with Gasteiger partial charge in [0.1, 0.15) is 29.6 Å². The Labute approximate surface area is 214 Å². The summed E-state index contributed by atoms with van der Waals surface area (Å²) in [7, 11) is 0. The lowest BCUT2D eigenvalue weighted by atomic mass is 10.1. The molecule has 0 fully saturated rings. The maximum absolute atomic E-state index is 13.4. The van der Waals surface area contributed by atoms with Gasteiger partial charge < -0.3 is 9.84 Å². The van der Waals surface area contributed by atoms with Gasteiger partial charge >= 0.3 is 6.03 Å². The molecule has 1 atom stereocenters. The topological polar surface area (TPSA) is 106 Å². The molecule has 0 radical (unpaired) electrons. The number of aromatic nitrogens is 4. The molecule has 3 heterocycles. The molecule has 188 valence electrons. The molecule has 3 N–H and O–H groups in total. The Hall–Kier alpha value is -4.63. The van der Waals surface area contributed by atoms with Crippen LogP contribution in [0.25, 0.3) is 22.6 Å². The quantitative estimate of drug-likeness (QED) is 0.287. The molecule has 2 amide bonds. The predicted octanol–water partition coefficient (Wildman–Crippen LogP) is 5.21. The van der Waals surface area contributed by atoms with Gasteiger partial charge in [0.25, 0.3) is 0 Å². The van der Waals surface area contributed by atoms with Gasteiger partial charge in [-0.1, -0.05) is 54.6 Å². The number of fused-ring (bicyclic) bond motifs is 1. The molecular formula is C28H28N6O3. The van der Waals surface area contributed by atoms with Crippen LogP contribution in [0.2, 0.25) is 0 Å². The van der Waals surface area contributed by atoms with Crippen LogP contribution in [0.1, 0.15) is 18.1 Å². The number of rotatable bonds is 7. The first-order chi connectivity index (χ1) is 17.9. The number of imidazole rings is 1. The minimum Gasteiger partial charge on any atom is -0.474 e. The number of anilines is 2. The SMILES string of the molecule is Cc1c(OC[C@H](C)O)nn(-c2ccccc2)c1NC(=O)Nc1c(-c2ccccc2)nc2c(C)cccn12. The number of hydrogen-bond acceptors (Lipinski definition) is 5. The summed E-state index contributed by atoms with van der Waals surface area (Å²) in [5.41, 5.74) is 4.70. The molecule has 0 aliphatic rings. The summed E-state index contributed by atoms with van der Waals surface area (Å²) in [6.07, 6.45) is 1.22.